The third-order valence-corrected chi connectivity index (χ3v) is 3.31. The molecule has 0 radical (unpaired) electrons. The molecule has 0 saturated carbocycles. The normalized spacial score (nSPS) is 12.5. The Morgan fingerprint density at radius 2 is 2.29 bits per heavy atom. The van der Waals surface area contributed by atoms with E-state index in [1.54, 1.807) is 19.1 Å². The van der Waals surface area contributed by atoms with Crippen LogP contribution in [0.4, 0.5) is 5.69 Å². The van der Waals surface area contributed by atoms with Gasteiger partial charge in [-0.3, -0.25) is 4.79 Å². The van der Waals surface area contributed by atoms with E-state index in [0.29, 0.717) is 31.0 Å². The number of benzene rings is 1. The molecule has 2 aromatic rings. The quantitative estimate of drug-likeness (QED) is 0.704. The zero-order chi connectivity index (χ0) is 15.4. The Balaban J connectivity index is 2.24. The highest BCUT2D eigenvalue weighted by Gasteiger charge is 2.15. The molecular weight excluding hydrogens is 268 g/mol. The van der Waals surface area contributed by atoms with E-state index >= 15 is 0 Å². The highest BCUT2D eigenvalue weighted by molar-refractivity contribution is 5.80. The van der Waals surface area contributed by atoms with E-state index < -0.39 is 6.10 Å². The number of aliphatic hydroxyl groups excluding tert-OH is 1. The highest BCUT2D eigenvalue weighted by atomic mass is 16.3. The largest absolute Gasteiger partial charge is 0.399 e. The predicted molar refractivity (Wildman–Crippen MR) is 82.7 cm³/mol. The number of amides is 1. The minimum atomic E-state index is -0.697. The van der Waals surface area contributed by atoms with Gasteiger partial charge in [0.15, 0.2) is 0 Å². The Kier molecular flexibility index (Phi) is 4.80. The number of hydrogen-bond acceptors (Lipinski definition) is 4. The monoisotopic (exact) mass is 290 g/mol. The molecule has 4 N–H and O–H groups in total. The van der Waals surface area contributed by atoms with Gasteiger partial charge in [0.05, 0.1) is 11.0 Å². The molecule has 0 bridgehead atoms. The van der Waals surface area contributed by atoms with Crippen LogP contribution in [0.15, 0.2) is 18.2 Å². The molecule has 0 saturated heterocycles. The van der Waals surface area contributed by atoms with Crippen LogP contribution in [0.2, 0.25) is 0 Å². The van der Waals surface area contributed by atoms with Crippen LogP contribution in [-0.4, -0.2) is 27.1 Å². The number of rotatable bonds is 6. The molecule has 0 spiro atoms. The maximum atomic E-state index is 11.7. The topological polar surface area (TPSA) is 93.2 Å². The molecule has 1 aromatic carbocycles. The minimum Gasteiger partial charge on any atom is -0.399 e. The predicted octanol–water partition coefficient (Wildman–Crippen LogP) is 1.59. The Bertz CT molecular complexity index is 634. The summed E-state index contributed by atoms with van der Waals surface area (Å²) in [5.74, 6) is 0.560. The van der Waals surface area contributed by atoms with Crippen LogP contribution >= 0.6 is 0 Å². The van der Waals surface area contributed by atoms with E-state index in [4.69, 9.17) is 5.73 Å². The second-order valence-electron chi connectivity index (χ2n) is 5.15. The van der Waals surface area contributed by atoms with Crippen LogP contribution in [0.25, 0.3) is 11.0 Å². The van der Waals surface area contributed by atoms with E-state index in [2.05, 4.69) is 10.3 Å². The summed E-state index contributed by atoms with van der Waals surface area (Å²) in [6.45, 7) is 4.84. The van der Waals surface area contributed by atoms with Crippen LogP contribution in [0, 0.1) is 0 Å². The average Bonchev–Trinajstić information content (AvgIpc) is 2.80. The van der Waals surface area contributed by atoms with E-state index in [9.17, 15) is 9.90 Å². The number of nitrogens with two attached hydrogens (primary N) is 1. The maximum Gasteiger partial charge on any atom is 0.221 e. The summed E-state index contributed by atoms with van der Waals surface area (Å²) in [5.41, 5.74) is 8.00. The number of carbonyl (C=O) groups excluding carboxylic acids is 1. The van der Waals surface area contributed by atoms with Gasteiger partial charge in [-0.15, -0.1) is 0 Å². The molecule has 1 atom stereocenters. The van der Waals surface area contributed by atoms with Crippen molar-refractivity contribution in [3.63, 3.8) is 0 Å². The van der Waals surface area contributed by atoms with Crippen molar-refractivity contribution in [3.05, 3.63) is 24.0 Å². The number of fused-ring (bicyclic) bond motifs is 1. The third-order valence-electron chi connectivity index (χ3n) is 3.31. The number of imidazole rings is 1. The van der Waals surface area contributed by atoms with Crippen LogP contribution in [0.1, 0.15) is 38.6 Å². The average molecular weight is 290 g/mol. The van der Waals surface area contributed by atoms with Crippen molar-refractivity contribution < 1.29 is 9.90 Å². The third kappa shape index (κ3) is 3.52. The Hall–Kier alpha value is -2.08. The van der Waals surface area contributed by atoms with Crippen LogP contribution < -0.4 is 11.1 Å². The number of hydrogen-bond donors (Lipinski definition) is 3. The van der Waals surface area contributed by atoms with Gasteiger partial charge in [0.2, 0.25) is 5.91 Å². The van der Waals surface area contributed by atoms with Crippen molar-refractivity contribution in [3.8, 4) is 0 Å². The molecule has 1 aromatic heterocycles. The lowest BCUT2D eigenvalue weighted by Crippen LogP contribution is -2.25. The van der Waals surface area contributed by atoms with Crippen LogP contribution in [0.3, 0.4) is 0 Å². The lowest BCUT2D eigenvalue weighted by atomic mass is 10.2. The summed E-state index contributed by atoms with van der Waals surface area (Å²) >= 11 is 0. The molecular formula is C15H22N4O2. The number of aryl methyl sites for hydroxylation is 1. The smallest absolute Gasteiger partial charge is 0.221 e. The van der Waals surface area contributed by atoms with Gasteiger partial charge in [0.25, 0.3) is 0 Å². The summed E-state index contributed by atoms with van der Waals surface area (Å²) in [6, 6.07) is 5.44. The van der Waals surface area contributed by atoms with Gasteiger partial charge in [-0.25, -0.2) is 4.98 Å². The molecule has 0 fully saturated rings. The van der Waals surface area contributed by atoms with Crippen molar-refractivity contribution in [1.29, 1.82) is 0 Å². The summed E-state index contributed by atoms with van der Waals surface area (Å²) in [6.07, 6.45) is 0.574. The number of anilines is 1. The number of nitrogens with zero attached hydrogens (tertiary/aromatic N) is 2. The van der Waals surface area contributed by atoms with Gasteiger partial charge < -0.3 is 20.7 Å². The number of carbonyl (C=O) groups is 1. The van der Waals surface area contributed by atoms with Gasteiger partial charge in [-0.1, -0.05) is 6.92 Å². The number of nitrogens with one attached hydrogen (secondary N) is 1. The summed E-state index contributed by atoms with van der Waals surface area (Å²) in [7, 11) is 0. The standard InChI is InChI=1S/C15H22N4O2/c1-3-7-17-14(21)6-8-19-13-5-4-11(16)9-12(13)18-15(19)10(2)20/h4-5,9-10,20H,3,6-8,16H2,1-2H3,(H,17,21). The molecule has 114 valence electrons. The lowest BCUT2D eigenvalue weighted by Gasteiger charge is -2.11. The zero-order valence-electron chi connectivity index (χ0n) is 12.5. The Labute approximate surface area is 124 Å². The Morgan fingerprint density at radius 1 is 1.52 bits per heavy atom. The molecule has 1 amide bonds. The second-order valence-corrected chi connectivity index (χ2v) is 5.15. The molecule has 2 rings (SSSR count). The number of nitrogen functional groups attached to an aromatic ring is 1. The SMILES string of the molecule is CCCNC(=O)CCn1c(C(C)O)nc2cc(N)ccc21. The number of aliphatic hydroxyl groups is 1. The van der Waals surface area contributed by atoms with Crippen LogP contribution in [0.5, 0.6) is 0 Å². The summed E-state index contributed by atoms with van der Waals surface area (Å²) in [4.78, 5) is 16.2. The second kappa shape index (κ2) is 6.58. The Morgan fingerprint density at radius 3 is 2.95 bits per heavy atom. The van der Waals surface area contributed by atoms with E-state index in [0.717, 1.165) is 17.5 Å². The molecule has 21 heavy (non-hydrogen) atoms. The summed E-state index contributed by atoms with van der Waals surface area (Å²) < 4.78 is 1.88. The first-order chi connectivity index (χ1) is 10.0. The first-order valence-electron chi connectivity index (χ1n) is 7.23. The lowest BCUT2D eigenvalue weighted by molar-refractivity contribution is -0.121. The van der Waals surface area contributed by atoms with Gasteiger partial charge >= 0.3 is 0 Å². The molecule has 1 heterocycles. The van der Waals surface area contributed by atoms with Crippen molar-refractivity contribution >= 4 is 22.6 Å². The molecule has 6 nitrogen and oxygen atoms in total. The minimum absolute atomic E-state index is 0.00527. The first kappa shape index (κ1) is 15.3. The molecule has 1 unspecified atom stereocenters. The van der Waals surface area contributed by atoms with E-state index in [-0.39, 0.29) is 5.91 Å². The molecule has 6 heteroatoms. The first-order valence-corrected chi connectivity index (χ1v) is 7.23. The van der Waals surface area contributed by atoms with Gasteiger partial charge in [0, 0.05) is 25.2 Å². The van der Waals surface area contributed by atoms with Crippen molar-refractivity contribution in [2.24, 2.45) is 0 Å². The van der Waals surface area contributed by atoms with Gasteiger partial charge in [-0.2, -0.15) is 0 Å². The van der Waals surface area contributed by atoms with Crippen molar-refractivity contribution in [2.75, 3.05) is 12.3 Å². The molecule has 0 aliphatic rings. The van der Waals surface area contributed by atoms with E-state index in [1.165, 1.54) is 0 Å². The van der Waals surface area contributed by atoms with E-state index in [1.807, 2.05) is 17.6 Å². The fraction of sp³-hybridized carbons (Fsp3) is 0.467. The van der Waals surface area contributed by atoms with Gasteiger partial charge in [0.1, 0.15) is 11.9 Å². The number of aromatic nitrogens is 2. The molecule has 0 aliphatic heterocycles. The molecule has 0 aliphatic carbocycles. The summed E-state index contributed by atoms with van der Waals surface area (Å²) in [5, 5.41) is 12.7. The van der Waals surface area contributed by atoms with Crippen molar-refractivity contribution in [2.45, 2.75) is 39.3 Å². The fourth-order valence-corrected chi connectivity index (χ4v) is 2.29. The van der Waals surface area contributed by atoms with Crippen LogP contribution in [-0.2, 0) is 11.3 Å². The maximum absolute atomic E-state index is 11.7. The van der Waals surface area contributed by atoms with Gasteiger partial charge in [-0.05, 0) is 31.5 Å². The van der Waals surface area contributed by atoms with Crippen molar-refractivity contribution in [1.82, 2.24) is 14.9 Å². The highest BCUT2D eigenvalue weighted by Crippen LogP contribution is 2.23. The fourth-order valence-electron chi connectivity index (χ4n) is 2.29. The zero-order valence-corrected chi connectivity index (χ0v) is 12.5.